The molecule has 1 aliphatic rings. The number of aromatic nitrogens is 2. The maximum Gasteiger partial charge on any atom is 0.210 e. The Bertz CT molecular complexity index is 1440. The number of rotatable bonds is 6. The van der Waals surface area contributed by atoms with Gasteiger partial charge in [-0.3, -0.25) is 14.4 Å². The summed E-state index contributed by atoms with van der Waals surface area (Å²) in [5.41, 5.74) is 11.4. The van der Waals surface area contributed by atoms with Crippen molar-refractivity contribution >= 4 is 12.0 Å². The molecule has 0 radical (unpaired) electrons. The van der Waals surface area contributed by atoms with Crippen molar-refractivity contribution in [3.63, 3.8) is 0 Å². The van der Waals surface area contributed by atoms with E-state index in [-0.39, 0.29) is 11.3 Å². The molecule has 0 aliphatic carbocycles. The summed E-state index contributed by atoms with van der Waals surface area (Å²) in [6.45, 7) is 1.13. The van der Waals surface area contributed by atoms with E-state index in [0.29, 0.717) is 17.9 Å². The molecule has 1 aliphatic heterocycles. The van der Waals surface area contributed by atoms with E-state index in [4.69, 9.17) is 5.73 Å². The smallest absolute Gasteiger partial charge is 0.210 e. The van der Waals surface area contributed by atoms with Crippen molar-refractivity contribution < 1.29 is 9.18 Å². The van der Waals surface area contributed by atoms with Crippen molar-refractivity contribution in [1.82, 2.24) is 14.5 Å². The molecule has 0 amide bonds. The van der Waals surface area contributed by atoms with Crippen LogP contribution in [0.1, 0.15) is 38.9 Å². The van der Waals surface area contributed by atoms with E-state index in [9.17, 15) is 4.79 Å². The van der Waals surface area contributed by atoms with E-state index in [0.717, 1.165) is 34.5 Å². The predicted octanol–water partition coefficient (Wildman–Crippen LogP) is 4.56. The summed E-state index contributed by atoms with van der Waals surface area (Å²) < 4.78 is 17.2. The molecule has 1 aromatic heterocycles. The van der Waals surface area contributed by atoms with Crippen LogP contribution in [-0.2, 0) is 13.1 Å². The lowest BCUT2D eigenvalue weighted by molar-refractivity contribution is 0.0952. The highest BCUT2D eigenvalue weighted by Gasteiger charge is 2.32. The molecule has 0 saturated carbocycles. The van der Waals surface area contributed by atoms with E-state index in [1.165, 1.54) is 6.07 Å². The largest absolute Gasteiger partial charge is 0.326 e. The number of halogens is 1. The zero-order valence-corrected chi connectivity index (χ0v) is 19.6. The number of imidazole rings is 1. The predicted molar refractivity (Wildman–Crippen MR) is 135 cm³/mol. The van der Waals surface area contributed by atoms with Crippen LogP contribution in [0.25, 0.3) is 16.8 Å². The maximum atomic E-state index is 15.4. The minimum atomic E-state index is -0.971. The highest BCUT2D eigenvalue weighted by atomic mass is 19.1. The standard InChI is InChI=1S/C28H26FN5O/c1-33(2)16-20-7-3-4-9-22(20)19-10-11-23(24(29)13-19)26-28(35)27-25(15-31-26)32-17-34(27)21-8-5-6-18(12-21)14-30/h3-13,15,17,26H,14,16,30H2,1-2H3. The number of nitrogens with two attached hydrogens (primary N) is 1. The summed E-state index contributed by atoms with van der Waals surface area (Å²) in [5.74, 6) is -0.755. The number of fused-ring (bicyclic) bond motifs is 1. The molecule has 4 aromatic rings. The lowest BCUT2D eigenvalue weighted by Gasteiger charge is -2.19. The van der Waals surface area contributed by atoms with E-state index < -0.39 is 11.9 Å². The normalized spacial score (nSPS) is 15.0. The van der Waals surface area contributed by atoms with Crippen LogP contribution in [0.5, 0.6) is 0 Å². The second kappa shape index (κ2) is 9.37. The lowest BCUT2D eigenvalue weighted by atomic mass is 9.93. The third-order valence-corrected chi connectivity index (χ3v) is 6.16. The van der Waals surface area contributed by atoms with Gasteiger partial charge in [0.1, 0.15) is 29.6 Å². The van der Waals surface area contributed by atoms with E-state index in [2.05, 4.69) is 14.9 Å². The van der Waals surface area contributed by atoms with Crippen LogP contribution in [0.3, 0.4) is 0 Å². The van der Waals surface area contributed by atoms with Gasteiger partial charge in [-0.05, 0) is 54.5 Å². The number of hydrogen-bond donors (Lipinski definition) is 1. The number of hydrogen-bond acceptors (Lipinski definition) is 5. The van der Waals surface area contributed by atoms with Crippen molar-refractivity contribution in [3.8, 4) is 16.8 Å². The van der Waals surface area contributed by atoms with Gasteiger partial charge in [0.25, 0.3) is 0 Å². The minimum Gasteiger partial charge on any atom is -0.326 e. The molecule has 2 heterocycles. The van der Waals surface area contributed by atoms with E-state index >= 15 is 4.39 Å². The summed E-state index contributed by atoms with van der Waals surface area (Å²) in [6.07, 6.45) is 3.14. The van der Waals surface area contributed by atoms with Crippen molar-refractivity contribution in [2.24, 2.45) is 10.7 Å². The van der Waals surface area contributed by atoms with E-state index in [1.807, 2.05) is 68.7 Å². The topological polar surface area (TPSA) is 76.5 Å². The molecule has 0 saturated heterocycles. The molecule has 1 atom stereocenters. The third-order valence-electron chi connectivity index (χ3n) is 6.16. The second-order valence-electron chi connectivity index (χ2n) is 8.90. The average Bonchev–Trinajstić information content (AvgIpc) is 3.30. The number of Topliss-reactive ketones (excluding diaryl/α,β-unsaturated/α-hetero) is 1. The summed E-state index contributed by atoms with van der Waals surface area (Å²) >= 11 is 0. The van der Waals surface area contributed by atoms with Crippen LogP contribution >= 0.6 is 0 Å². The molecule has 6 nitrogen and oxygen atoms in total. The van der Waals surface area contributed by atoms with Crippen molar-refractivity contribution in [2.75, 3.05) is 14.1 Å². The molecule has 35 heavy (non-hydrogen) atoms. The Morgan fingerprint density at radius 2 is 1.89 bits per heavy atom. The Labute approximate surface area is 203 Å². The van der Waals surface area contributed by atoms with Crippen LogP contribution in [0.15, 0.2) is 78.0 Å². The van der Waals surface area contributed by atoms with Crippen molar-refractivity contribution in [1.29, 1.82) is 0 Å². The summed E-state index contributed by atoms with van der Waals surface area (Å²) in [5, 5.41) is 0. The first-order chi connectivity index (χ1) is 17.0. The van der Waals surface area contributed by atoms with Crippen LogP contribution < -0.4 is 5.73 Å². The fraction of sp³-hybridized carbons (Fsp3) is 0.179. The summed E-state index contributed by atoms with van der Waals surface area (Å²) in [7, 11) is 4.00. The molecular weight excluding hydrogens is 441 g/mol. The average molecular weight is 468 g/mol. The fourth-order valence-electron chi connectivity index (χ4n) is 4.49. The Morgan fingerprint density at radius 1 is 1.06 bits per heavy atom. The van der Waals surface area contributed by atoms with Gasteiger partial charge >= 0.3 is 0 Å². The van der Waals surface area contributed by atoms with Gasteiger partial charge in [0, 0.05) is 24.3 Å². The molecule has 0 bridgehead atoms. The second-order valence-corrected chi connectivity index (χ2v) is 8.90. The first-order valence-electron chi connectivity index (χ1n) is 11.4. The molecule has 0 spiro atoms. The van der Waals surface area contributed by atoms with Crippen molar-refractivity contribution in [2.45, 2.75) is 19.1 Å². The number of aliphatic imine (C=N–C) groups is 1. The number of benzene rings is 3. The molecule has 176 valence electrons. The lowest BCUT2D eigenvalue weighted by Crippen LogP contribution is -2.21. The zero-order valence-electron chi connectivity index (χ0n) is 19.6. The van der Waals surface area contributed by atoms with Crippen LogP contribution in [0.2, 0.25) is 0 Å². The van der Waals surface area contributed by atoms with Crippen LogP contribution in [0, 0.1) is 5.82 Å². The van der Waals surface area contributed by atoms with Gasteiger partial charge in [-0.15, -0.1) is 0 Å². The van der Waals surface area contributed by atoms with E-state index in [1.54, 1.807) is 23.2 Å². The number of nitrogens with zero attached hydrogens (tertiary/aromatic N) is 4. The summed E-state index contributed by atoms with van der Waals surface area (Å²) in [6, 6.07) is 19.6. The quantitative estimate of drug-likeness (QED) is 0.451. The van der Waals surface area contributed by atoms with Gasteiger partial charge in [0.15, 0.2) is 0 Å². The third kappa shape index (κ3) is 4.32. The molecule has 0 fully saturated rings. The monoisotopic (exact) mass is 467 g/mol. The molecule has 5 rings (SSSR count). The van der Waals surface area contributed by atoms with Crippen LogP contribution in [-0.4, -0.2) is 40.5 Å². The number of ketones is 1. The van der Waals surface area contributed by atoms with Gasteiger partial charge < -0.3 is 10.6 Å². The van der Waals surface area contributed by atoms with Gasteiger partial charge in [-0.2, -0.15) is 0 Å². The first-order valence-corrected chi connectivity index (χ1v) is 11.4. The van der Waals surface area contributed by atoms with Gasteiger partial charge in [0.05, 0.1) is 6.21 Å². The molecule has 3 aromatic carbocycles. The summed E-state index contributed by atoms with van der Waals surface area (Å²) in [4.78, 5) is 24.3. The van der Waals surface area contributed by atoms with Crippen molar-refractivity contribution in [3.05, 3.63) is 107 Å². The Kier molecular flexibility index (Phi) is 6.11. The zero-order chi connectivity index (χ0) is 24.5. The van der Waals surface area contributed by atoms with Gasteiger partial charge in [-0.1, -0.05) is 48.5 Å². The van der Waals surface area contributed by atoms with Gasteiger partial charge in [0.2, 0.25) is 5.78 Å². The van der Waals surface area contributed by atoms with Gasteiger partial charge in [-0.25, -0.2) is 9.37 Å². The maximum absolute atomic E-state index is 15.4. The Morgan fingerprint density at radius 3 is 2.66 bits per heavy atom. The minimum absolute atomic E-state index is 0.245. The first kappa shape index (κ1) is 22.8. The highest BCUT2D eigenvalue weighted by Crippen LogP contribution is 2.33. The van der Waals surface area contributed by atoms with Crippen LogP contribution in [0.4, 0.5) is 4.39 Å². The molecule has 7 heteroatoms. The Balaban J connectivity index is 1.50. The molecular formula is C28H26FN5O. The Hall–Kier alpha value is -3.94. The molecule has 2 N–H and O–H groups in total. The molecule has 1 unspecified atom stereocenters. The number of carbonyl (C=O) groups is 1. The highest BCUT2D eigenvalue weighted by molar-refractivity contribution is 6.08. The SMILES string of the molecule is CN(C)Cc1ccccc1-c1ccc(C2N=Cc3ncn(-c4cccc(CN)c4)c3C2=O)c(F)c1. The fourth-order valence-corrected chi connectivity index (χ4v) is 4.49. The number of carbonyl (C=O) groups excluding carboxylic acids is 1.